The van der Waals surface area contributed by atoms with Gasteiger partial charge >= 0.3 is 11.6 Å². The Morgan fingerprint density at radius 2 is 2.15 bits per heavy atom. The molecule has 0 aromatic carbocycles. The number of rotatable bonds is 4. The van der Waals surface area contributed by atoms with Gasteiger partial charge in [-0.15, -0.1) is 0 Å². The van der Waals surface area contributed by atoms with Gasteiger partial charge in [0.25, 0.3) is 0 Å². The Morgan fingerprint density at radius 3 is 2.80 bits per heavy atom. The molecular formula is C12H13N5O3. The minimum Gasteiger partial charge on any atom is -0.432 e. The van der Waals surface area contributed by atoms with Crippen LogP contribution >= 0.6 is 0 Å². The summed E-state index contributed by atoms with van der Waals surface area (Å²) >= 11 is 0. The number of ether oxygens (including phenoxy) is 1. The molecule has 8 heteroatoms. The molecule has 2 aromatic rings. The number of nitrogens with zero attached hydrogens (tertiary/aromatic N) is 4. The van der Waals surface area contributed by atoms with Crippen LogP contribution in [0.1, 0.15) is 18.3 Å². The summed E-state index contributed by atoms with van der Waals surface area (Å²) in [4.78, 5) is 22.0. The third-order valence-electron chi connectivity index (χ3n) is 2.61. The molecule has 0 unspecified atom stereocenters. The van der Waals surface area contributed by atoms with Gasteiger partial charge in [0.05, 0.1) is 10.6 Å². The molecule has 0 bridgehead atoms. The van der Waals surface area contributed by atoms with Crippen molar-refractivity contribution >= 4 is 11.5 Å². The number of pyridine rings is 1. The van der Waals surface area contributed by atoms with Crippen molar-refractivity contribution in [3.8, 4) is 11.6 Å². The number of anilines is 1. The summed E-state index contributed by atoms with van der Waals surface area (Å²) in [6.45, 7) is 3.77. The van der Waals surface area contributed by atoms with Crippen molar-refractivity contribution in [2.75, 3.05) is 5.73 Å². The molecule has 0 aliphatic rings. The van der Waals surface area contributed by atoms with Gasteiger partial charge in [-0.25, -0.2) is 4.98 Å². The van der Waals surface area contributed by atoms with Crippen molar-refractivity contribution in [2.45, 2.75) is 20.3 Å². The first-order valence-corrected chi connectivity index (χ1v) is 5.92. The average Bonchev–Trinajstić information content (AvgIpc) is 2.40. The first-order valence-electron chi connectivity index (χ1n) is 5.92. The number of hydrogen-bond acceptors (Lipinski definition) is 7. The second-order valence-electron chi connectivity index (χ2n) is 4.02. The van der Waals surface area contributed by atoms with E-state index in [1.807, 2.05) is 13.8 Å². The van der Waals surface area contributed by atoms with Crippen LogP contribution in [-0.4, -0.2) is 19.9 Å². The van der Waals surface area contributed by atoms with Crippen molar-refractivity contribution in [1.82, 2.24) is 15.0 Å². The predicted molar refractivity (Wildman–Crippen MR) is 71.5 cm³/mol. The molecule has 2 aromatic heterocycles. The first-order chi connectivity index (χ1) is 9.52. The molecular weight excluding hydrogens is 262 g/mol. The van der Waals surface area contributed by atoms with E-state index in [1.165, 1.54) is 0 Å². The van der Waals surface area contributed by atoms with Gasteiger partial charge in [-0.3, -0.25) is 15.1 Å². The maximum Gasteiger partial charge on any atom is 0.372 e. The summed E-state index contributed by atoms with van der Waals surface area (Å²) in [5, 5.41) is 11.0. The van der Waals surface area contributed by atoms with Gasteiger partial charge in [-0.05, 0) is 25.5 Å². The minimum atomic E-state index is -0.669. The molecule has 8 nitrogen and oxygen atoms in total. The van der Waals surface area contributed by atoms with E-state index in [4.69, 9.17) is 10.5 Å². The zero-order valence-corrected chi connectivity index (χ0v) is 11.0. The van der Waals surface area contributed by atoms with Crippen molar-refractivity contribution in [3.63, 3.8) is 0 Å². The van der Waals surface area contributed by atoms with E-state index in [0.717, 1.165) is 12.0 Å². The Kier molecular flexibility index (Phi) is 3.74. The summed E-state index contributed by atoms with van der Waals surface area (Å²) < 4.78 is 5.49. The van der Waals surface area contributed by atoms with Crippen LogP contribution in [0.3, 0.4) is 0 Å². The van der Waals surface area contributed by atoms with E-state index in [0.29, 0.717) is 17.9 Å². The fourth-order valence-corrected chi connectivity index (χ4v) is 1.67. The minimum absolute atomic E-state index is 0.192. The van der Waals surface area contributed by atoms with Gasteiger partial charge in [0.2, 0.25) is 5.82 Å². The summed E-state index contributed by atoms with van der Waals surface area (Å²) in [7, 11) is 0. The molecule has 0 saturated heterocycles. The van der Waals surface area contributed by atoms with Gasteiger partial charge in [-0.1, -0.05) is 6.92 Å². The molecule has 104 valence electrons. The lowest BCUT2D eigenvalue weighted by Gasteiger charge is -2.09. The molecule has 0 radical (unpaired) electrons. The predicted octanol–water partition coefficient (Wildman–Crippen LogP) is 2.03. The molecule has 0 aliphatic heterocycles. The number of hydrogen-bond donors (Lipinski definition) is 1. The average molecular weight is 275 g/mol. The van der Waals surface area contributed by atoms with E-state index in [1.54, 1.807) is 12.1 Å². The van der Waals surface area contributed by atoms with E-state index in [9.17, 15) is 10.1 Å². The maximum absolute atomic E-state index is 11.0. The Balaban J connectivity index is 2.45. The molecule has 2 rings (SSSR count). The maximum atomic E-state index is 11.0. The molecule has 2 N–H and O–H groups in total. The molecule has 0 spiro atoms. The Hall–Kier alpha value is -2.77. The molecule has 20 heavy (non-hydrogen) atoms. The molecule has 0 saturated carbocycles. The molecule has 0 amide bonds. The lowest BCUT2D eigenvalue weighted by atomic mass is 10.2. The number of aryl methyl sites for hydroxylation is 2. The molecule has 2 heterocycles. The lowest BCUT2D eigenvalue weighted by molar-refractivity contribution is -0.385. The van der Waals surface area contributed by atoms with E-state index in [2.05, 4.69) is 15.0 Å². The smallest absolute Gasteiger partial charge is 0.372 e. The molecule has 0 aliphatic carbocycles. The van der Waals surface area contributed by atoms with Crippen LogP contribution in [0, 0.1) is 17.0 Å². The van der Waals surface area contributed by atoms with Gasteiger partial charge in [-0.2, -0.15) is 4.98 Å². The van der Waals surface area contributed by atoms with Gasteiger partial charge in [0, 0.05) is 5.69 Å². The quantitative estimate of drug-likeness (QED) is 0.669. The third-order valence-corrected chi connectivity index (χ3v) is 2.61. The molecule has 0 fully saturated rings. The second kappa shape index (κ2) is 5.47. The number of nitrogens with two attached hydrogens (primary N) is 1. The van der Waals surface area contributed by atoms with Gasteiger partial charge < -0.3 is 10.5 Å². The zero-order chi connectivity index (χ0) is 14.7. The van der Waals surface area contributed by atoms with Crippen LogP contribution in [0.2, 0.25) is 0 Å². The van der Waals surface area contributed by atoms with Crippen molar-refractivity contribution in [2.24, 2.45) is 0 Å². The zero-order valence-electron chi connectivity index (χ0n) is 11.0. The van der Waals surface area contributed by atoms with E-state index < -0.39 is 10.6 Å². The van der Waals surface area contributed by atoms with Crippen LogP contribution in [0.15, 0.2) is 18.5 Å². The fraction of sp³-hybridized carbons (Fsp3) is 0.250. The summed E-state index contributed by atoms with van der Waals surface area (Å²) in [6, 6.07) is 3.45. The Labute approximate surface area is 114 Å². The van der Waals surface area contributed by atoms with Crippen LogP contribution in [0.5, 0.6) is 11.6 Å². The van der Waals surface area contributed by atoms with Crippen LogP contribution in [-0.2, 0) is 6.42 Å². The van der Waals surface area contributed by atoms with E-state index in [-0.39, 0.29) is 11.7 Å². The highest BCUT2D eigenvalue weighted by atomic mass is 16.6. The number of nitro groups is 1. The normalized spacial score (nSPS) is 10.3. The first kappa shape index (κ1) is 13.7. The highest BCUT2D eigenvalue weighted by Crippen LogP contribution is 2.33. The van der Waals surface area contributed by atoms with Crippen LogP contribution in [0.25, 0.3) is 0 Å². The monoisotopic (exact) mass is 275 g/mol. The number of aromatic nitrogens is 3. The standard InChI is InChI=1S/C12H13N5O3/c1-3-8-9(5-4-7(2)16-8)20-12-10(17(18)19)11(13)14-6-15-12/h4-6H,3H2,1-2H3,(H2,13,14,15). The summed E-state index contributed by atoms with van der Waals surface area (Å²) in [6.07, 6.45) is 1.75. The van der Waals surface area contributed by atoms with Gasteiger partial charge in [0.15, 0.2) is 5.75 Å². The topological polar surface area (TPSA) is 117 Å². The molecule has 0 atom stereocenters. The Morgan fingerprint density at radius 1 is 1.40 bits per heavy atom. The van der Waals surface area contributed by atoms with Crippen molar-refractivity contribution < 1.29 is 9.66 Å². The SMILES string of the molecule is CCc1nc(C)ccc1Oc1ncnc(N)c1[N+](=O)[O-]. The lowest BCUT2D eigenvalue weighted by Crippen LogP contribution is -2.04. The van der Waals surface area contributed by atoms with Crippen molar-refractivity contribution in [1.29, 1.82) is 0 Å². The van der Waals surface area contributed by atoms with Gasteiger partial charge in [0.1, 0.15) is 6.33 Å². The summed E-state index contributed by atoms with van der Waals surface area (Å²) in [5.41, 5.74) is 6.56. The Bertz CT molecular complexity index is 660. The highest BCUT2D eigenvalue weighted by molar-refractivity contribution is 5.58. The summed E-state index contributed by atoms with van der Waals surface area (Å²) in [5.74, 6) is -0.0136. The fourth-order valence-electron chi connectivity index (χ4n) is 1.67. The number of nitrogen functional groups attached to an aromatic ring is 1. The third kappa shape index (κ3) is 2.63. The van der Waals surface area contributed by atoms with Crippen LogP contribution < -0.4 is 10.5 Å². The van der Waals surface area contributed by atoms with Crippen LogP contribution in [0.4, 0.5) is 11.5 Å². The highest BCUT2D eigenvalue weighted by Gasteiger charge is 2.23. The second-order valence-corrected chi connectivity index (χ2v) is 4.02. The van der Waals surface area contributed by atoms with E-state index >= 15 is 0 Å². The van der Waals surface area contributed by atoms with Crippen molar-refractivity contribution in [3.05, 3.63) is 40.0 Å². The largest absolute Gasteiger partial charge is 0.432 e.